The molecule has 0 bridgehead atoms. The zero-order valence-corrected chi connectivity index (χ0v) is 20.4. The van der Waals surface area contributed by atoms with E-state index in [4.69, 9.17) is 4.74 Å². The number of hydrogen-bond acceptors (Lipinski definition) is 6. The number of unbranched alkanes of at least 4 members (excludes halogenated alkanes) is 2. The molecule has 1 N–H and O–H groups in total. The molecule has 0 aliphatic carbocycles. The number of sulfonamides is 1. The van der Waals surface area contributed by atoms with Crippen molar-refractivity contribution in [3.8, 4) is 0 Å². The van der Waals surface area contributed by atoms with Gasteiger partial charge in [-0.2, -0.15) is 0 Å². The number of amidine groups is 1. The highest BCUT2D eigenvalue weighted by molar-refractivity contribution is 7.90. The van der Waals surface area contributed by atoms with E-state index in [1.54, 1.807) is 29.2 Å². The molecule has 1 amide bonds. The van der Waals surface area contributed by atoms with E-state index in [1.807, 2.05) is 44.2 Å². The maximum absolute atomic E-state index is 12.6. The van der Waals surface area contributed by atoms with Crippen LogP contribution in [0.5, 0.6) is 0 Å². The zero-order chi connectivity index (χ0) is 24.6. The van der Waals surface area contributed by atoms with Gasteiger partial charge in [0.25, 0.3) is 15.9 Å². The first-order chi connectivity index (χ1) is 16.3. The summed E-state index contributed by atoms with van der Waals surface area (Å²) in [7, 11) is -3.53. The number of aliphatic imine (C=N–C) groups is 1. The van der Waals surface area contributed by atoms with Gasteiger partial charge in [-0.3, -0.25) is 19.3 Å². The molecule has 0 fully saturated rings. The SMILES string of the molecule is CC(C)N(Cc1ccccc1)C(=O)COC(=O)CCCCCN=C1NS(=O)(=O)c2ccccc21. The molecule has 1 aliphatic heterocycles. The fourth-order valence-electron chi connectivity index (χ4n) is 3.64. The lowest BCUT2D eigenvalue weighted by Crippen LogP contribution is -2.39. The Morgan fingerprint density at radius 3 is 2.44 bits per heavy atom. The van der Waals surface area contributed by atoms with E-state index < -0.39 is 16.0 Å². The summed E-state index contributed by atoms with van der Waals surface area (Å²) < 4.78 is 31.8. The van der Waals surface area contributed by atoms with Crippen LogP contribution in [0.15, 0.2) is 64.5 Å². The summed E-state index contributed by atoms with van der Waals surface area (Å²) in [5, 5.41) is 0. The minimum absolute atomic E-state index is 0.00987. The summed E-state index contributed by atoms with van der Waals surface area (Å²) in [6.45, 7) is 4.51. The summed E-state index contributed by atoms with van der Waals surface area (Å²) in [5.74, 6) is -0.262. The second-order valence-corrected chi connectivity index (χ2v) is 10.1. The smallest absolute Gasteiger partial charge is 0.306 e. The molecule has 182 valence electrons. The topological polar surface area (TPSA) is 105 Å². The van der Waals surface area contributed by atoms with Crippen LogP contribution >= 0.6 is 0 Å². The number of carbonyl (C=O) groups excluding carboxylic acids is 2. The van der Waals surface area contributed by atoms with Gasteiger partial charge in [-0.15, -0.1) is 0 Å². The van der Waals surface area contributed by atoms with Gasteiger partial charge in [-0.25, -0.2) is 8.42 Å². The van der Waals surface area contributed by atoms with Gasteiger partial charge in [-0.1, -0.05) is 48.9 Å². The second kappa shape index (κ2) is 11.8. The number of hydrogen-bond donors (Lipinski definition) is 1. The molecular formula is C25H31N3O5S. The van der Waals surface area contributed by atoms with Crippen LogP contribution in [-0.2, 0) is 30.9 Å². The summed E-state index contributed by atoms with van der Waals surface area (Å²) in [5.41, 5.74) is 1.60. The lowest BCUT2D eigenvalue weighted by molar-refractivity contribution is -0.153. The number of rotatable bonds is 11. The van der Waals surface area contributed by atoms with E-state index in [1.165, 1.54) is 0 Å². The first kappa shape index (κ1) is 25.4. The Hall–Kier alpha value is -3.20. The third-order valence-corrected chi connectivity index (χ3v) is 6.86. The molecule has 0 saturated carbocycles. The molecular weight excluding hydrogens is 454 g/mol. The number of nitrogens with one attached hydrogen (secondary N) is 1. The van der Waals surface area contributed by atoms with Crippen LogP contribution < -0.4 is 4.72 Å². The third-order valence-electron chi connectivity index (χ3n) is 5.47. The van der Waals surface area contributed by atoms with E-state index >= 15 is 0 Å². The highest BCUT2D eigenvalue weighted by Gasteiger charge is 2.29. The maximum atomic E-state index is 12.6. The van der Waals surface area contributed by atoms with Gasteiger partial charge in [0.1, 0.15) is 5.84 Å². The molecule has 34 heavy (non-hydrogen) atoms. The van der Waals surface area contributed by atoms with Crippen molar-refractivity contribution in [2.45, 2.75) is 57.0 Å². The summed E-state index contributed by atoms with van der Waals surface area (Å²) in [4.78, 5) is 30.9. The zero-order valence-electron chi connectivity index (χ0n) is 19.6. The van der Waals surface area contributed by atoms with Crippen LogP contribution in [0.2, 0.25) is 0 Å². The standard InChI is InChI=1S/C25H31N3O5S/c1-19(2)28(17-20-11-5-3-6-12-20)23(29)18-33-24(30)15-7-4-10-16-26-25-21-13-8-9-14-22(21)34(31,32)27-25/h3,5-6,8-9,11-14,19H,4,7,10,15-18H2,1-2H3,(H,26,27). The van der Waals surface area contributed by atoms with Crippen LogP contribution in [0.1, 0.15) is 50.7 Å². The molecule has 0 saturated heterocycles. The first-order valence-corrected chi connectivity index (χ1v) is 12.9. The van der Waals surface area contributed by atoms with Gasteiger partial charge in [0.15, 0.2) is 6.61 Å². The highest BCUT2D eigenvalue weighted by atomic mass is 32.2. The average Bonchev–Trinajstić information content (AvgIpc) is 3.08. The van der Waals surface area contributed by atoms with E-state index in [9.17, 15) is 18.0 Å². The van der Waals surface area contributed by atoms with Crippen molar-refractivity contribution < 1.29 is 22.7 Å². The Labute approximate surface area is 201 Å². The van der Waals surface area contributed by atoms with Gasteiger partial charge in [0.05, 0.1) is 4.90 Å². The van der Waals surface area contributed by atoms with Crippen LogP contribution in [-0.4, -0.2) is 50.2 Å². The number of fused-ring (bicyclic) bond motifs is 1. The molecule has 0 unspecified atom stereocenters. The molecule has 2 aromatic carbocycles. The number of nitrogens with zero attached hydrogens (tertiary/aromatic N) is 2. The lowest BCUT2D eigenvalue weighted by Gasteiger charge is -2.26. The van der Waals surface area contributed by atoms with Crippen LogP contribution in [0, 0.1) is 0 Å². The van der Waals surface area contributed by atoms with Crippen molar-refractivity contribution in [1.82, 2.24) is 9.62 Å². The fraction of sp³-hybridized carbons (Fsp3) is 0.400. The van der Waals surface area contributed by atoms with E-state index in [-0.39, 0.29) is 29.9 Å². The average molecular weight is 486 g/mol. The van der Waals surface area contributed by atoms with E-state index in [0.717, 1.165) is 12.0 Å². The van der Waals surface area contributed by atoms with Crippen molar-refractivity contribution in [1.29, 1.82) is 0 Å². The molecule has 1 heterocycles. The predicted molar refractivity (Wildman–Crippen MR) is 130 cm³/mol. The van der Waals surface area contributed by atoms with Crippen molar-refractivity contribution in [2.24, 2.45) is 4.99 Å². The van der Waals surface area contributed by atoms with Crippen molar-refractivity contribution in [2.75, 3.05) is 13.2 Å². The number of benzene rings is 2. The third kappa shape index (κ3) is 6.90. The van der Waals surface area contributed by atoms with Crippen LogP contribution in [0.4, 0.5) is 0 Å². The molecule has 0 aromatic heterocycles. The minimum atomic E-state index is -3.53. The number of esters is 1. The summed E-state index contributed by atoms with van der Waals surface area (Å²) in [6, 6.07) is 16.4. The molecule has 9 heteroatoms. The second-order valence-electron chi connectivity index (χ2n) is 8.40. The minimum Gasteiger partial charge on any atom is -0.456 e. The molecule has 1 aliphatic rings. The molecule has 0 radical (unpaired) electrons. The van der Waals surface area contributed by atoms with Gasteiger partial charge < -0.3 is 9.64 Å². The monoisotopic (exact) mass is 485 g/mol. The lowest BCUT2D eigenvalue weighted by atomic mass is 10.2. The Kier molecular flexibility index (Phi) is 8.81. The van der Waals surface area contributed by atoms with Gasteiger partial charge >= 0.3 is 5.97 Å². The van der Waals surface area contributed by atoms with Crippen molar-refractivity contribution >= 4 is 27.7 Å². The van der Waals surface area contributed by atoms with Crippen LogP contribution in [0.3, 0.4) is 0 Å². The van der Waals surface area contributed by atoms with Gasteiger partial charge in [0, 0.05) is 31.1 Å². The molecule has 0 spiro atoms. The van der Waals surface area contributed by atoms with Gasteiger partial charge in [0.2, 0.25) is 0 Å². The van der Waals surface area contributed by atoms with Crippen LogP contribution in [0.25, 0.3) is 0 Å². The predicted octanol–water partition coefficient (Wildman–Crippen LogP) is 3.27. The molecule has 8 nitrogen and oxygen atoms in total. The number of ether oxygens (including phenoxy) is 1. The summed E-state index contributed by atoms with van der Waals surface area (Å²) in [6.07, 6.45) is 2.27. The number of carbonyl (C=O) groups is 2. The fourth-order valence-corrected chi connectivity index (χ4v) is 4.89. The highest BCUT2D eigenvalue weighted by Crippen LogP contribution is 2.22. The van der Waals surface area contributed by atoms with Crippen molar-refractivity contribution in [3.05, 3.63) is 65.7 Å². The van der Waals surface area contributed by atoms with E-state index in [0.29, 0.717) is 37.3 Å². The summed E-state index contributed by atoms with van der Waals surface area (Å²) >= 11 is 0. The molecule has 2 aromatic rings. The van der Waals surface area contributed by atoms with Crippen molar-refractivity contribution in [3.63, 3.8) is 0 Å². The Morgan fingerprint density at radius 2 is 1.71 bits per heavy atom. The Balaban J connectivity index is 1.36. The largest absolute Gasteiger partial charge is 0.456 e. The Bertz CT molecular complexity index is 1130. The first-order valence-electron chi connectivity index (χ1n) is 11.4. The van der Waals surface area contributed by atoms with E-state index in [2.05, 4.69) is 9.71 Å². The Morgan fingerprint density at radius 1 is 1.00 bits per heavy atom. The maximum Gasteiger partial charge on any atom is 0.306 e. The normalized spacial score (nSPS) is 15.1. The number of amides is 1. The van der Waals surface area contributed by atoms with Gasteiger partial charge in [-0.05, 0) is 44.4 Å². The molecule has 0 atom stereocenters. The quantitative estimate of drug-likeness (QED) is 0.389. The molecule has 3 rings (SSSR count).